The maximum atomic E-state index is 5.74. The van der Waals surface area contributed by atoms with Crippen molar-refractivity contribution in [2.45, 2.75) is 32.5 Å². The summed E-state index contributed by atoms with van der Waals surface area (Å²) in [6.07, 6.45) is 1.15. The van der Waals surface area contributed by atoms with Gasteiger partial charge in [-0.3, -0.25) is 0 Å². The topological polar surface area (TPSA) is 27.7 Å². The van der Waals surface area contributed by atoms with Crippen LogP contribution < -0.4 is 0 Å². The van der Waals surface area contributed by atoms with Crippen molar-refractivity contribution in [3.8, 4) is 0 Å². The average molecular weight is 232 g/mol. The van der Waals surface area contributed by atoms with E-state index in [4.69, 9.17) is 13.9 Å². The van der Waals surface area contributed by atoms with E-state index in [2.05, 4.69) is 20.0 Å². The van der Waals surface area contributed by atoms with Crippen LogP contribution in [0.25, 0.3) is 0 Å². The van der Waals surface area contributed by atoms with Gasteiger partial charge in [0.1, 0.15) is 0 Å². The maximum Gasteiger partial charge on any atom is 0.188 e. The van der Waals surface area contributed by atoms with Gasteiger partial charge in [-0.05, 0) is 25.6 Å². The molecule has 1 rings (SSSR count). The second kappa shape index (κ2) is 5.43. The Labute approximate surface area is 94.2 Å². The van der Waals surface area contributed by atoms with E-state index in [1.165, 1.54) is 0 Å². The monoisotopic (exact) mass is 232 g/mol. The van der Waals surface area contributed by atoms with Crippen molar-refractivity contribution < 1.29 is 13.9 Å². The molecule has 15 heavy (non-hydrogen) atoms. The quantitative estimate of drug-likeness (QED) is 0.498. The first-order chi connectivity index (χ1) is 7.04. The Hall–Kier alpha value is 0.0969. The molecule has 1 aliphatic heterocycles. The zero-order valence-corrected chi connectivity index (χ0v) is 11.5. The molecule has 4 heteroatoms. The van der Waals surface area contributed by atoms with Gasteiger partial charge < -0.3 is 13.9 Å². The molecule has 0 saturated carbocycles. The molecule has 0 aliphatic carbocycles. The number of hydrogen-bond donors (Lipinski definition) is 0. The highest BCUT2D eigenvalue weighted by Gasteiger charge is 2.37. The minimum atomic E-state index is -1.43. The van der Waals surface area contributed by atoms with Gasteiger partial charge in [-0.15, -0.1) is 0 Å². The summed E-state index contributed by atoms with van der Waals surface area (Å²) in [5.41, 5.74) is 0.318. The molecule has 0 bridgehead atoms. The first-order valence-corrected chi connectivity index (χ1v) is 8.86. The number of ether oxygens (including phenoxy) is 2. The van der Waals surface area contributed by atoms with Crippen molar-refractivity contribution in [3.05, 3.63) is 0 Å². The van der Waals surface area contributed by atoms with E-state index in [-0.39, 0.29) is 0 Å². The average Bonchev–Trinajstić information content (AvgIpc) is 2.16. The van der Waals surface area contributed by atoms with Crippen molar-refractivity contribution in [1.82, 2.24) is 0 Å². The fourth-order valence-corrected chi connectivity index (χ4v) is 2.33. The van der Waals surface area contributed by atoms with Gasteiger partial charge >= 0.3 is 0 Å². The van der Waals surface area contributed by atoms with Crippen LogP contribution in [0.4, 0.5) is 0 Å². The predicted octanol–water partition coefficient (Wildman–Crippen LogP) is 2.28. The van der Waals surface area contributed by atoms with Crippen molar-refractivity contribution >= 4 is 8.32 Å². The van der Waals surface area contributed by atoms with Gasteiger partial charge in [-0.2, -0.15) is 0 Å². The van der Waals surface area contributed by atoms with Gasteiger partial charge in [-0.1, -0.05) is 6.92 Å². The highest BCUT2D eigenvalue weighted by atomic mass is 28.4. The number of rotatable bonds is 7. The van der Waals surface area contributed by atoms with Crippen LogP contribution in [0.1, 0.15) is 13.3 Å². The van der Waals surface area contributed by atoms with E-state index in [0.717, 1.165) is 38.9 Å². The first-order valence-electron chi connectivity index (χ1n) is 5.74. The lowest BCUT2D eigenvalue weighted by atomic mass is 9.84. The molecule has 0 amide bonds. The molecule has 0 aromatic heterocycles. The third-order valence-electron chi connectivity index (χ3n) is 3.38. The van der Waals surface area contributed by atoms with Crippen LogP contribution in [-0.2, 0) is 13.9 Å². The third kappa shape index (κ3) is 3.87. The van der Waals surface area contributed by atoms with Crippen molar-refractivity contribution in [1.29, 1.82) is 0 Å². The summed E-state index contributed by atoms with van der Waals surface area (Å²) in [7, 11) is 0.373. The highest BCUT2D eigenvalue weighted by molar-refractivity contribution is 6.71. The lowest BCUT2D eigenvalue weighted by Gasteiger charge is -2.40. The van der Waals surface area contributed by atoms with Crippen molar-refractivity contribution in [2.24, 2.45) is 5.41 Å². The van der Waals surface area contributed by atoms with Gasteiger partial charge in [0.25, 0.3) is 0 Å². The van der Waals surface area contributed by atoms with Crippen LogP contribution in [0.2, 0.25) is 19.1 Å². The summed E-state index contributed by atoms with van der Waals surface area (Å²) in [4.78, 5) is 0. The second-order valence-corrected chi connectivity index (χ2v) is 9.54. The predicted molar refractivity (Wildman–Crippen MR) is 63.7 cm³/mol. The third-order valence-corrected chi connectivity index (χ3v) is 5.89. The Morgan fingerprint density at radius 1 is 1.33 bits per heavy atom. The minimum absolute atomic E-state index is 0.318. The molecular weight excluding hydrogens is 208 g/mol. The molecule has 1 aliphatic rings. The smallest absolute Gasteiger partial charge is 0.188 e. The fourth-order valence-electron chi connectivity index (χ4n) is 1.49. The summed E-state index contributed by atoms with van der Waals surface area (Å²) in [5.74, 6) is 0. The molecule has 1 fully saturated rings. The van der Waals surface area contributed by atoms with E-state index in [1.54, 1.807) is 7.11 Å². The molecule has 90 valence electrons. The fraction of sp³-hybridized carbons (Fsp3) is 1.00. The van der Waals surface area contributed by atoms with Crippen LogP contribution in [0.5, 0.6) is 0 Å². The van der Waals surface area contributed by atoms with Gasteiger partial charge in [0, 0.05) is 19.1 Å². The summed E-state index contributed by atoms with van der Waals surface area (Å²) < 4.78 is 16.5. The van der Waals surface area contributed by atoms with Crippen LogP contribution in [0.15, 0.2) is 0 Å². The van der Waals surface area contributed by atoms with E-state index >= 15 is 0 Å². The zero-order valence-electron chi connectivity index (χ0n) is 10.5. The van der Waals surface area contributed by atoms with E-state index in [1.807, 2.05) is 0 Å². The number of hydrogen-bond acceptors (Lipinski definition) is 3. The zero-order chi connectivity index (χ0) is 11.4. The molecule has 1 heterocycles. The van der Waals surface area contributed by atoms with E-state index in [0.29, 0.717) is 5.41 Å². The minimum Gasteiger partial charge on any atom is -0.420 e. The Balaban J connectivity index is 2.11. The molecule has 0 atom stereocenters. The van der Waals surface area contributed by atoms with Gasteiger partial charge in [0.15, 0.2) is 8.32 Å². The molecule has 0 aromatic carbocycles. The molecule has 0 N–H and O–H groups in total. The maximum absolute atomic E-state index is 5.74. The van der Waals surface area contributed by atoms with Gasteiger partial charge in [0.05, 0.1) is 19.8 Å². The Morgan fingerprint density at radius 2 is 2.00 bits per heavy atom. The Bertz CT molecular complexity index is 185. The normalized spacial score (nSPS) is 20.0. The molecular formula is C11H24O3Si. The lowest BCUT2D eigenvalue weighted by Crippen LogP contribution is -2.46. The Kier molecular flexibility index (Phi) is 4.77. The summed E-state index contributed by atoms with van der Waals surface area (Å²) in [6, 6.07) is 1.07. The van der Waals surface area contributed by atoms with Crippen molar-refractivity contribution in [2.75, 3.05) is 33.5 Å². The molecule has 0 unspecified atom stereocenters. The largest absolute Gasteiger partial charge is 0.420 e. The Morgan fingerprint density at radius 3 is 2.40 bits per heavy atom. The summed E-state index contributed by atoms with van der Waals surface area (Å²) >= 11 is 0. The summed E-state index contributed by atoms with van der Waals surface area (Å²) in [5, 5.41) is 0. The van der Waals surface area contributed by atoms with Crippen LogP contribution in [0, 0.1) is 5.41 Å². The standard InChI is InChI=1S/C11H24O3Si/c1-5-11(9-14-10-11)8-13-6-7-15(3,4)12-2/h5-10H2,1-4H3. The molecule has 0 aromatic rings. The van der Waals surface area contributed by atoms with Gasteiger partial charge in [0.2, 0.25) is 0 Å². The summed E-state index contributed by atoms with van der Waals surface area (Å²) in [6.45, 7) is 10.1. The molecule has 0 spiro atoms. The SMILES string of the molecule is CCC1(COCC[Si](C)(C)OC)COC1. The van der Waals surface area contributed by atoms with E-state index in [9.17, 15) is 0 Å². The second-order valence-electron chi connectivity index (χ2n) is 5.11. The van der Waals surface area contributed by atoms with Crippen molar-refractivity contribution in [3.63, 3.8) is 0 Å². The van der Waals surface area contributed by atoms with E-state index < -0.39 is 8.32 Å². The first kappa shape index (κ1) is 13.2. The molecule has 0 radical (unpaired) electrons. The highest BCUT2D eigenvalue weighted by Crippen LogP contribution is 2.31. The van der Waals surface area contributed by atoms with Gasteiger partial charge in [-0.25, -0.2) is 0 Å². The van der Waals surface area contributed by atoms with Crippen LogP contribution in [0.3, 0.4) is 0 Å². The molecule has 3 nitrogen and oxygen atoms in total. The van der Waals surface area contributed by atoms with Crippen LogP contribution in [-0.4, -0.2) is 41.9 Å². The lowest BCUT2D eigenvalue weighted by molar-refractivity contribution is -0.149. The molecule has 1 saturated heterocycles. The van der Waals surface area contributed by atoms with Crippen LogP contribution >= 0.6 is 0 Å².